The van der Waals surface area contributed by atoms with Gasteiger partial charge in [0.25, 0.3) is 12.4 Å². The third-order valence-electron chi connectivity index (χ3n) is 1.47. The molecule has 52 valence electrons. The predicted molar refractivity (Wildman–Crippen MR) is 45.2 cm³/mol. The number of allylic oxidation sites excluding steroid dienone is 1. The van der Waals surface area contributed by atoms with Crippen LogP contribution in [0.2, 0.25) is 0 Å². The van der Waals surface area contributed by atoms with Gasteiger partial charge in [-0.25, -0.2) is 0 Å². The van der Waals surface area contributed by atoms with Crippen LogP contribution < -0.4 is 5.01 Å². The molecule has 0 spiro atoms. The van der Waals surface area contributed by atoms with Crippen molar-refractivity contribution in [2.75, 3.05) is 5.01 Å². The fourth-order valence-corrected chi connectivity index (χ4v) is 0.955. The summed E-state index contributed by atoms with van der Waals surface area (Å²) in [5.41, 5.74) is 1.06. The second-order valence-electron chi connectivity index (χ2n) is 2.22. The second kappa shape index (κ2) is 2.52. The zero-order chi connectivity index (χ0) is 7.52. The van der Waals surface area contributed by atoms with Crippen molar-refractivity contribution in [1.82, 2.24) is 0 Å². The zero-order valence-corrected chi connectivity index (χ0v) is 5.94. The Morgan fingerprint density at radius 3 is 2.64 bits per heavy atom. The van der Waals surface area contributed by atoms with Gasteiger partial charge in [0.15, 0.2) is 0 Å². The van der Waals surface area contributed by atoms with Gasteiger partial charge in [-0.1, -0.05) is 18.2 Å². The molecule has 0 saturated heterocycles. The molecule has 11 heavy (non-hydrogen) atoms. The molecule has 0 saturated carbocycles. The van der Waals surface area contributed by atoms with E-state index in [1.54, 1.807) is 17.4 Å². The van der Waals surface area contributed by atoms with Crippen LogP contribution in [-0.4, -0.2) is 6.21 Å². The van der Waals surface area contributed by atoms with Crippen LogP contribution in [0.4, 0.5) is 5.69 Å². The molecular weight excluding hydrogens is 136 g/mol. The van der Waals surface area contributed by atoms with Crippen molar-refractivity contribution in [3.8, 4) is 0 Å². The van der Waals surface area contributed by atoms with E-state index in [-0.39, 0.29) is 0 Å². The van der Waals surface area contributed by atoms with Gasteiger partial charge in [0.1, 0.15) is 0 Å². The van der Waals surface area contributed by atoms with Crippen molar-refractivity contribution in [2.45, 2.75) is 0 Å². The maximum atomic E-state index is 4.05. The van der Waals surface area contributed by atoms with Crippen LogP contribution in [-0.2, 0) is 0 Å². The van der Waals surface area contributed by atoms with Crippen molar-refractivity contribution in [3.63, 3.8) is 0 Å². The van der Waals surface area contributed by atoms with Gasteiger partial charge < -0.3 is 0 Å². The highest BCUT2D eigenvalue weighted by Gasteiger charge is 2.10. The van der Waals surface area contributed by atoms with Crippen LogP contribution in [0, 0.1) is 6.08 Å². The standard InChI is InChI=1S/C9H7N2/c1-2-5-9(6-3-1)11-8-4-7-10-11/h1-3,5-8H/q+1. The van der Waals surface area contributed by atoms with Crippen LogP contribution >= 0.6 is 0 Å². The summed E-state index contributed by atoms with van der Waals surface area (Å²) in [7, 11) is 0. The van der Waals surface area contributed by atoms with Crippen molar-refractivity contribution in [1.29, 1.82) is 0 Å². The Bertz CT molecular complexity index is 276. The lowest BCUT2D eigenvalue weighted by molar-refractivity contribution is 1.11. The van der Waals surface area contributed by atoms with Crippen LogP contribution in [0.25, 0.3) is 0 Å². The number of para-hydroxylation sites is 1. The first-order valence-electron chi connectivity index (χ1n) is 3.43. The lowest BCUT2D eigenvalue weighted by atomic mass is 10.3. The summed E-state index contributed by atoms with van der Waals surface area (Å²) < 4.78 is 0. The molecule has 0 radical (unpaired) electrons. The molecule has 2 nitrogen and oxygen atoms in total. The number of hydrogen-bond donors (Lipinski definition) is 0. The van der Waals surface area contributed by atoms with Crippen molar-refractivity contribution in [2.24, 2.45) is 5.10 Å². The normalized spacial score (nSPS) is 13.6. The summed E-state index contributed by atoms with van der Waals surface area (Å²) in [5.74, 6) is 0. The summed E-state index contributed by atoms with van der Waals surface area (Å²) >= 11 is 0. The molecule has 0 fully saturated rings. The van der Waals surface area contributed by atoms with Gasteiger partial charge in [-0.15, -0.1) is 5.10 Å². The highest BCUT2D eigenvalue weighted by molar-refractivity contribution is 5.72. The Morgan fingerprint density at radius 2 is 2.00 bits per heavy atom. The minimum Gasteiger partial charge on any atom is -0.188 e. The van der Waals surface area contributed by atoms with E-state index in [9.17, 15) is 0 Å². The van der Waals surface area contributed by atoms with E-state index >= 15 is 0 Å². The molecule has 1 aliphatic rings. The second-order valence-corrected chi connectivity index (χ2v) is 2.22. The third kappa shape index (κ3) is 1.11. The maximum Gasteiger partial charge on any atom is 0.303 e. The van der Waals surface area contributed by atoms with E-state index in [0.717, 1.165) is 5.69 Å². The average Bonchev–Trinajstić information content (AvgIpc) is 2.58. The van der Waals surface area contributed by atoms with E-state index in [4.69, 9.17) is 0 Å². The van der Waals surface area contributed by atoms with Crippen LogP contribution in [0.3, 0.4) is 0 Å². The minimum atomic E-state index is 1.06. The SMILES string of the molecule is [C+]1=CN(c2ccccc2)N=C1. The molecule has 0 atom stereocenters. The van der Waals surface area contributed by atoms with Gasteiger partial charge in [0, 0.05) is 0 Å². The minimum absolute atomic E-state index is 1.06. The Labute approximate surface area is 65.5 Å². The molecule has 2 rings (SSSR count). The molecule has 1 heterocycles. The van der Waals surface area contributed by atoms with E-state index in [1.165, 1.54) is 0 Å². The number of nitrogens with zero attached hydrogens (tertiary/aromatic N) is 2. The largest absolute Gasteiger partial charge is 0.303 e. The fraction of sp³-hybridized carbons (Fsp3) is 0. The first-order chi connectivity index (χ1) is 5.47. The number of anilines is 1. The highest BCUT2D eigenvalue weighted by Crippen LogP contribution is 2.14. The topological polar surface area (TPSA) is 15.6 Å². The summed E-state index contributed by atoms with van der Waals surface area (Å²) in [6, 6.07) is 9.95. The van der Waals surface area contributed by atoms with E-state index in [1.807, 2.05) is 30.3 Å². The molecule has 2 heteroatoms. The van der Waals surface area contributed by atoms with Gasteiger partial charge in [-0.3, -0.25) is 0 Å². The molecule has 1 aliphatic heterocycles. The number of rotatable bonds is 1. The van der Waals surface area contributed by atoms with E-state index in [2.05, 4.69) is 11.2 Å². The predicted octanol–water partition coefficient (Wildman–Crippen LogP) is 1.81. The Hall–Kier alpha value is -1.66. The fourth-order valence-electron chi connectivity index (χ4n) is 0.955. The lowest BCUT2D eigenvalue weighted by Gasteiger charge is -2.04. The molecule has 0 aliphatic carbocycles. The molecule has 1 aromatic rings. The van der Waals surface area contributed by atoms with Crippen molar-refractivity contribution >= 4 is 11.9 Å². The van der Waals surface area contributed by atoms with E-state index in [0.29, 0.717) is 0 Å². The highest BCUT2D eigenvalue weighted by atomic mass is 15.4. The number of benzene rings is 1. The Kier molecular flexibility index (Phi) is 1.39. The molecule has 0 bridgehead atoms. The Morgan fingerprint density at radius 1 is 1.18 bits per heavy atom. The molecule has 1 aromatic carbocycles. The molecule has 0 unspecified atom stereocenters. The smallest absolute Gasteiger partial charge is 0.188 e. The molecule has 0 N–H and O–H groups in total. The van der Waals surface area contributed by atoms with E-state index < -0.39 is 0 Å². The quantitative estimate of drug-likeness (QED) is 0.547. The van der Waals surface area contributed by atoms with Crippen molar-refractivity contribution in [3.05, 3.63) is 42.6 Å². The first kappa shape index (κ1) is 6.08. The monoisotopic (exact) mass is 143 g/mol. The van der Waals surface area contributed by atoms with Gasteiger partial charge in [0.2, 0.25) is 0 Å². The summed E-state index contributed by atoms with van der Waals surface area (Å²) in [5, 5.41) is 5.83. The Balaban J connectivity index is 2.30. The van der Waals surface area contributed by atoms with Crippen LogP contribution in [0.15, 0.2) is 41.6 Å². The number of hydrogen-bond acceptors (Lipinski definition) is 2. The average molecular weight is 143 g/mol. The number of hydrazone groups is 1. The summed E-state index contributed by atoms with van der Waals surface area (Å²) in [4.78, 5) is 0. The van der Waals surface area contributed by atoms with Crippen molar-refractivity contribution < 1.29 is 0 Å². The zero-order valence-electron chi connectivity index (χ0n) is 5.94. The first-order valence-corrected chi connectivity index (χ1v) is 3.43. The molecular formula is C9H7N2+. The summed E-state index contributed by atoms with van der Waals surface area (Å²) in [6.07, 6.45) is 6.33. The molecule has 0 aromatic heterocycles. The van der Waals surface area contributed by atoms with Gasteiger partial charge in [0.05, 0.1) is 5.69 Å². The van der Waals surface area contributed by atoms with Gasteiger partial charge in [-0.05, 0) is 12.1 Å². The third-order valence-corrected chi connectivity index (χ3v) is 1.47. The lowest BCUT2D eigenvalue weighted by Crippen LogP contribution is -2.02. The van der Waals surface area contributed by atoms with Gasteiger partial charge in [-0.2, -0.15) is 5.01 Å². The van der Waals surface area contributed by atoms with Gasteiger partial charge >= 0.3 is 6.08 Å². The summed E-state index contributed by atoms with van der Waals surface area (Å²) in [6.45, 7) is 0. The molecule has 0 amide bonds. The van der Waals surface area contributed by atoms with Crippen LogP contribution in [0.1, 0.15) is 0 Å². The maximum absolute atomic E-state index is 4.05. The van der Waals surface area contributed by atoms with Crippen LogP contribution in [0.5, 0.6) is 0 Å².